The van der Waals surface area contributed by atoms with Crippen LogP contribution in [0.15, 0.2) is 58.2 Å². The predicted octanol–water partition coefficient (Wildman–Crippen LogP) is 5.32. The van der Waals surface area contributed by atoms with Crippen LogP contribution in [0.3, 0.4) is 0 Å². The average molecular weight is 418 g/mol. The molecule has 0 radical (unpaired) electrons. The smallest absolute Gasteiger partial charge is 0.191 e. The maximum absolute atomic E-state index is 6.06. The Bertz CT molecular complexity index is 848. The molecule has 1 atom stereocenters. The minimum atomic E-state index is -0.166. The van der Waals surface area contributed by atoms with E-state index in [4.69, 9.17) is 4.74 Å². The molecule has 0 amide bonds. The van der Waals surface area contributed by atoms with E-state index in [0.29, 0.717) is 0 Å². The Labute approximate surface area is 160 Å². The molecule has 0 fully saturated rings. The van der Waals surface area contributed by atoms with Gasteiger partial charge in [-0.2, -0.15) is 0 Å². The van der Waals surface area contributed by atoms with Gasteiger partial charge >= 0.3 is 0 Å². The number of nitrogens with zero attached hydrogens (tertiary/aromatic N) is 3. The zero-order chi connectivity index (χ0) is 17.8. The van der Waals surface area contributed by atoms with Gasteiger partial charge in [0.1, 0.15) is 5.75 Å². The Kier molecular flexibility index (Phi) is 5.81. The van der Waals surface area contributed by atoms with Crippen molar-refractivity contribution in [1.29, 1.82) is 0 Å². The number of halogens is 1. The summed E-state index contributed by atoms with van der Waals surface area (Å²) in [6, 6.07) is 16.3. The number of ether oxygens (including phenoxy) is 1. The summed E-state index contributed by atoms with van der Waals surface area (Å²) < 4.78 is 9.16. The number of hydrogen-bond donors (Lipinski definition) is 0. The highest BCUT2D eigenvalue weighted by Gasteiger charge is 2.17. The van der Waals surface area contributed by atoms with Crippen LogP contribution in [0, 0.1) is 6.92 Å². The van der Waals surface area contributed by atoms with Crippen molar-refractivity contribution >= 4 is 27.7 Å². The average Bonchev–Trinajstić information content (AvgIpc) is 2.97. The lowest BCUT2D eigenvalue weighted by molar-refractivity contribution is 0.210. The summed E-state index contributed by atoms with van der Waals surface area (Å²) in [6.07, 6.45) is -0.166. The van der Waals surface area contributed by atoms with Crippen LogP contribution in [0.1, 0.15) is 30.0 Å². The Hall–Kier alpha value is -1.79. The summed E-state index contributed by atoms with van der Waals surface area (Å²) in [6.45, 7) is 4.04. The second-order valence-corrected chi connectivity index (χ2v) is 7.70. The van der Waals surface area contributed by atoms with Crippen molar-refractivity contribution in [1.82, 2.24) is 14.8 Å². The van der Waals surface area contributed by atoms with Gasteiger partial charge in [0.2, 0.25) is 0 Å². The zero-order valence-electron chi connectivity index (χ0n) is 14.4. The van der Waals surface area contributed by atoms with Gasteiger partial charge in [-0.05, 0) is 43.2 Å². The molecule has 2 aromatic carbocycles. The first-order valence-electron chi connectivity index (χ1n) is 8.03. The number of aryl methyl sites for hydroxylation is 1. The molecule has 130 valence electrons. The highest BCUT2D eigenvalue weighted by Crippen LogP contribution is 2.27. The Balaban J connectivity index is 1.67. The van der Waals surface area contributed by atoms with Crippen LogP contribution in [0.2, 0.25) is 0 Å². The van der Waals surface area contributed by atoms with Crippen LogP contribution in [0.5, 0.6) is 5.75 Å². The lowest BCUT2D eigenvalue weighted by Crippen LogP contribution is -2.10. The third-order valence-electron chi connectivity index (χ3n) is 3.91. The van der Waals surface area contributed by atoms with Crippen LogP contribution < -0.4 is 4.74 Å². The van der Waals surface area contributed by atoms with Crippen LogP contribution in [0.4, 0.5) is 0 Å². The van der Waals surface area contributed by atoms with Crippen molar-refractivity contribution < 1.29 is 4.74 Å². The number of para-hydroxylation sites is 1. The molecule has 25 heavy (non-hydrogen) atoms. The normalized spacial score (nSPS) is 12.2. The quantitative estimate of drug-likeness (QED) is 0.508. The minimum Gasteiger partial charge on any atom is -0.482 e. The van der Waals surface area contributed by atoms with E-state index in [1.165, 1.54) is 5.56 Å². The molecule has 3 aromatic rings. The summed E-state index contributed by atoms with van der Waals surface area (Å²) in [4.78, 5) is 0. The molecule has 0 aliphatic heterocycles. The highest BCUT2D eigenvalue weighted by atomic mass is 79.9. The van der Waals surface area contributed by atoms with Crippen LogP contribution in [-0.2, 0) is 12.8 Å². The summed E-state index contributed by atoms with van der Waals surface area (Å²) in [5, 5.41) is 9.53. The van der Waals surface area contributed by atoms with Gasteiger partial charge < -0.3 is 9.30 Å². The van der Waals surface area contributed by atoms with Gasteiger partial charge in [0.25, 0.3) is 0 Å². The molecule has 0 N–H and O–H groups in total. The lowest BCUT2D eigenvalue weighted by atomic mass is 10.2. The van der Waals surface area contributed by atoms with Crippen molar-refractivity contribution in [3.63, 3.8) is 0 Å². The highest BCUT2D eigenvalue weighted by molar-refractivity contribution is 9.10. The standard InChI is InChI=1S/C19H20BrN3OS/c1-13-6-4-5-7-17(13)24-14(2)18-21-22-19(23(18)3)25-12-15-8-10-16(20)11-9-15/h4-11,14H,12H2,1-3H3. The van der Waals surface area contributed by atoms with Gasteiger partial charge in [0.15, 0.2) is 17.1 Å². The van der Waals surface area contributed by atoms with E-state index >= 15 is 0 Å². The van der Waals surface area contributed by atoms with E-state index in [1.54, 1.807) is 11.8 Å². The van der Waals surface area contributed by atoms with Crippen molar-refractivity contribution in [3.05, 3.63) is 70.0 Å². The van der Waals surface area contributed by atoms with Crippen molar-refractivity contribution in [2.45, 2.75) is 30.9 Å². The number of rotatable bonds is 6. The molecule has 0 bridgehead atoms. The maximum Gasteiger partial charge on any atom is 0.191 e. The van der Waals surface area contributed by atoms with Gasteiger partial charge in [-0.1, -0.05) is 58.0 Å². The molecule has 0 saturated carbocycles. The number of hydrogen-bond acceptors (Lipinski definition) is 4. The number of aromatic nitrogens is 3. The second-order valence-electron chi connectivity index (χ2n) is 5.84. The molecule has 1 aromatic heterocycles. The number of benzene rings is 2. The van der Waals surface area contributed by atoms with Crippen LogP contribution in [-0.4, -0.2) is 14.8 Å². The fraction of sp³-hybridized carbons (Fsp3) is 0.263. The molecule has 6 heteroatoms. The number of thioether (sulfide) groups is 1. The molecule has 4 nitrogen and oxygen atoms in total. The second kappa shape index (κ2) is 8.06. The predicted molar refractivity (Wildman–Crippen MR) is 105 cm³/mol. The van der Waals surface area contributed by atoms with E-state index in [0.717, 1.165) is 32.5 Å². The first-order chi connectivity index (χ1) is 12.0. The first-order valence-corrected chi connectivity index (χ1v) is 9.81. The van der Waals surface area contributed by atoms with Crippen LogP contribution in [0.25, 0.3) is 0 Å². The topological polar surface area (TPSA) is 39.9 Å². The van der Waals surface area contributed by atoms with E-state index in [9.17, 15) is 0 Å². The van der Waals surface area contributed by atoms with Gasteiger partial charge in [-0.15, -0.1) is 10.2 Å². The maximum atomic E-state index is 6.06. The van der Waals surface area contributed by atoms with Gasteiger partial charge in [0, 0.05) is 17.3 Å². The summed E-state index contributed by atoms with van der Waals surface area (Å²) in [5.41, 5.74) is 2.36. The summed E-state index contributed by atoms with van der Waals surface area (Å²) in [5.74, 6) is 2.55. The zero-order valence-corrected chi connectivity index (χ0v) is 16.8. The van der Waals surface area contributed by atoms with E-state index in [-0.39, 0.29) is 6.10 Å². The SMILES string of the molecule is Cc1ccccc1OC(C)c1nnc(SCc2ccc(Br)cc2)n1C. The lowest BCUT2D eigenvalue weighted by Gasteiger charge is -2.15. The van der Waals surface area contributed by atoms with Gasteiger partial charge in [0.05, 0.1) is 0 Å². The van der Waals surface area contributed by atoms with E-state index < -0.39 is 0 Å². The monoisotopic (exact) mass is 417 g/mol. The summed E-state index contributed by atoms with van der Waals surface area (Å²) >= 11 is 5.13. The molecule has 1 heterocycles. The molecule has 3 rings (SSSR count). The Morgan fingerprint density at radius 1 is 1.12 bits per heavy atom. The Morgan fingerprint density at radius 2 is 1.84 bits per heavy atom. The fourth-order valence-electron chi connectivity index (χ4n) is 2.47. The molecule has 0 aliphatic rings. The van der Waals surface area contributed by atoms with E-state index in [2.05, 4.69) is 50.4 Å². The van der Waals surface area contributed by atoms with Gasteiger partial charge in [-0.3, -0.25) is 0 Å². The van der Waals surface area contributed by atoms with E-state index in [1.807, 2.05) is 49.7 Å². The molecule has 0 spiro atoms. The molecular formula is C19H20BrN3OS. The van der Waals surface area contributed by atoms with Gasteiger partial charge in [-0.25, -0.2) is 0 Å². The van der Waals surface area contributed by atoms with Crippen LogP contribution >= 0.6 is 27.7 Å². The molecule has 0 aliphatic carbocycles. The van der Waals surface area contributed by atoms with Crippen molar-refractivity contribution in [2.75, 3.05) is 0 Å². The first kappa shape index (κ1) is 18.0. The minimum absolute atomic E-state index is 0.166. The third kappa shape index (κ3) is 4.44. The molecule has 1 unspecified atom stereocenters. The van der Waals surface area contributed by atoms with Crippen molar-refractivity contribution in [2.24, 2.45) is 7.05 Å². The third-order valence-corrected chi connectivity index (χ3v) is 5.53. The fourth-order valence-corrected chi connectivity index (χ4v) is 3.60. The molecule has 0 saturated heterocycles. The summed E-state index contributed by atoms with van der Waals surface area (Å²) in [7, 11) is 1.98. The Morgan fingerprint density at radius 3 is 2.56 bits per heavy atom. The van der Waals surface area contributed by atoms with Crippen molar-refractivity contribution in [3.8, 4) is 5.75 Å². The largest absolute Gasteiger partial charge is 0.482 e. The molecular weight excluding hydrogens is 398 g/mol.